The number of ketones is 1. The van der Waals surface area contributed by atoms with Crippen LogP contribution in [0.2, 0.25) is 0 Å². The number of hydrogen-bond donors (Lipinski definition) is 0. The van der Waals surface area contributed by atoms with Gasteiger partial charge in [-0.25, -0.2) is 0 Å². The molecule has 104 valence electrons. The standard InChI is InChI=1S/C14H24O4/c1-11-9-13(16)10-14(18-11)7-5-3-4-6-8-17-12(2)15/h11,14H,3-10H2,1-2H3. The first-order chi connectivity index (χ1) is 8.58. The van der Waals surface area contributed by atoms with Crippen molar-refractivity contribution < 1.29 is 19.1 Å². The first kappa shape index (κ1) is 15.2. The van der Waals surface area contributed by atoms with Gasteiger partial charge in [-0.3, -0.25) is 9.59 Å². The SMILES string of the molecule is CC(=O)OCCCCCCC1CC(=O)CC(C)O1. The maximum Gasteiger partial charge on any atom is 0.302 e. The van der Waals surface area contributed by atoms with Crippen LogP contribution in [-0.2, 0) is 19.1 Å². The van der Waals surface area contributed by atoms with Crippen LogP contribution >= 0.6 is 0 Å². The monoisotopic (exact) mass is 256 g/mol. The molecule has 1 rings (SSSR count). The number of ether oxygens (including phenoxy) is 2. The van der Waals surface area contributed by atoms with E-state index >= 15 is 0 Å². The van der Waals surface area contributed by atoms with Crippen LogP contribution in [0, 0.1) is 0 Å². The van der Waals surface area contributed by atoms with Crippen molar-refractivity contribution in [3.8, 4) is 0 Å². The van der Waals surface area contributed by atoms with Gasteiger partial charge in [0.2, 0.25) is 0 Å². The normalized spacial score (nSPS) is 24.0. The molecule has 1 saturated heterocycles. The Labute approximate surface area is 109 Å². The van der Waals surface area contributed by atoms with E-state index < -0.39 is 0 Å². The number of unbranched alkanes of at least 4 members (excludes halogenated alkanes) is 3. The molecular weight excluding hydrogens is 232 g/mol. The first-order valence-corrected chi connectivity index (χ1v) is 6.88. The summed E-state index contributed by atoms with van der Waals surface area (Å²) in [7, 11) is 0. The van der Waals surface area contributed by atoms with Crippen molar-refractivity contribution in [2.45, 2.75) is 71.0 Å². The van der Waals surface area contributed by atoms with E-state index in [1.807, 2.05) is 6.92 Å². The lowest BCUT2D eigenvalue weighted by atomic mass is 9.99. The zero-order valence-electron chi connectivity index (χ0n) is 11.4. The molecule has 0 aliphatic carbocycles. The third-order valence-electron chi connectivity index (χ3n) is 3.12. The molecule has 0 saturated carbocycles. The summed E-state index contributed by atoms with van der Waals surface area (Å²) in [5, 5.41) is 0. The number of rotatable bonds is 7. The zero-order valence-corrected chi connectivity index (χ0v) is 11.4. The number of carbonyl (C=O) groups is 2. The van der Waals surface area contributed by atoms with Crippen LogP contribution in [0.3, 0.4) is 0 Å². The Hall–Kier alpha value is -0.900. The number of esters is 1. The van der Waals surface area contributed by atoms with E-state index in [2.05, 4.69) is 0 Å². The van der Waals surface area contributed by atoms with Gasteiger partial charge in [-0.05, 0) is 19.8 Å². The molecule has 0 N–H and O–H groups in total. The summed E-state index contributed by atoms with van der Waals surface area (Å²) in [6.07, 6.45) is 6.47. The molecule has 0 bridgehead atoms. The van der Waals surface area contributed by atoms with Crippen LogP contribution in [0.1, 0.15) is 58.8 Å². The summed E-state index contributed by atoms with van der Waals surface area (Å²) in [5.41, 5.74) is 0. The minimum Gasteiger partial charge on any atom is -0.466 e. The molecule has 1 aliphatic heterocycles. The summed E-state index contributed by atoms with van der Waals surface area (Å²) >= 11 is 0. The highest BCUT2D eigenvalue weighted by atomic mass is 16.5. The Morgan fingerprint density at radius 2 is 2.00 bits per heavy atom. The predicted octanol–water partition coefficient (Wildman–Crippen LogP) is 2.64. The minimum atomic E-state index is -0.210. The van der Waals surface area contributed by atoms with Gasteiger partial charge in [0.05, 0.1) is 18.8 Å². The Morgan fingerprint density at radius 1 is 1.28 bits per heavy atom. The topological polar surface area (TPSA) is 52.6 Å². The molecule has 1 heterocycles. The molecule has 2 unspecified atom stereocenters. The highest BCUT2D eigenvalue weighted by Gasteiger charge is 2.24. The molecule has 0 amide bonds. The van der Waals surface area contributed by atoms with Gasteiger partial charge >= 0.3 is 5.97 Å². The van der Waals surface area contributed by atoms with Crippen molar-refractivity contribution in [2.24, 2.45) is 0 Å². The summed E-state index contributed by atoms with van der Waals surface area (Å²) in [5.74, 6) is 0.117. The van der Waals surface area contributed by atoms with Gasteiger partial charge in [-0.2, -0.15) is 0 Å². The molecule has 4 heteroatoms. The fraction of sp³-hybridized carbons (Fsp3) is 0.857. The van der Waals surface area contributed by atoms with Gasteiger partial charge in [0.15, 0.2) is 0 Å². The predicted molar refractivity (Wildman–Crippen MR) is 68.3 cm³/mol. The van der Waals surface area contributed by atoms with Gasteiger partial charge < -0.3 is 9.47 Å². The lowest BCUT2D eigenvalue weighted by molar-refractivity contribution is -0.141. The molecule has 18 heavy (non-hydrogen) atoms. The van der Waals surface area contributed by atoms with Crippen LogP contribution < -0.4 is 0 Å². The molecule has 0 spiro atoms. The summed E-state index contributed by atoms with van der Waals surface area (Å²) in [6, 6.07) is 0. The fourth-order valence-electron chi connectivity index (χ4n) is 2.30. The molecule has 4 nitrogen and oxygen atoms in total. The smallest absolute Gasteiger partial charge is 0.302 e. The van der Waals surface area contributed by atoms with Crippen LogP contribution in [0.25, 0.3) is 0 Å². The lowest BCUT2D eigenvalue weighted by Gasteiger charge is -2.26. The third kappa shape index (κ3) is 6.74. The summed E-state index contributed by atoms with van der Waals surface area (Å²) in [4.78, 5) is 21.9. The number of Topliss-reactive ketones (excluding diaryl/α,β-unsaturated/α-hetero) is 1. The molecule has 0 radical (unpaired) electrons. The van der Waals surface area contributed by atoms with E-state index in [1.165, 1.54) is 6.92 Å². The molecule has 0 aromatic heterocycles. The number of hydrogen-bond acceptors (Lipinski definition) is 4. The van der Waals surface area contributed by atoms with Crippen molar-refractivity contribution in [2.75, 3.05) is 6.61 Å². The molecule has 2 atom stereocenters. The average Bonchev–Trinajstić information content (AvgIpc) is 2.26. The highest BCUT2D eigenvalue weighted by Crippen LogP contribution is 2.20. The van der Waals surface area contributed by atoms with Crippen LogP contribution in [0.4, 0.5) is 0 Å². The van der Waals surface area contributed by atoms with Gasteiger partial charge in [0.25, 0.3) is 0 Å². The Balaban J connectivity index is 1.97. The Morgan fingerprint density at radius 3 is 2.67 bits per heavy atom. The fourth-order valence-corrected chi connectivity index (χ4v) is 2.30. The lowest BCUT2D eigenvalue weighted by Crippen LogP contribution is -2.31. The van der Waals surface area contributed by atoms with Crippen LogP contribution in [0.5, 0.6) is 0 Å². The number of carbonyl (C=O) groups excluding carboxylic acids is 2. The molecule has 0 aromatic carbocycles. The summed E-state index contributed by atoms with van der Waals surface area (Å²) in [6.45, 7) is 3.91. The molecule has 0 aromatic rings. The average molecular weight is 256 g/mol. The van der Waals surface area contributed by atoms with Crippen molar-refractivity contribution >= 4 is 11.8 Å². The van der Waals surface area contributed by atoms with Crippen molar-refractivity contribution in [1.29, 1.82) is 0 Å². The molecular formula is C14H24O4. The van der Waals surface area contributed by atoms with Gasteiger partial charge in [0.1, 0.15) is 5.78 Å². The quantitative estimate of drug-likeness (QED) is 0.519. The maximum absolute atomic E-state index is 11.4. The maximum atomic E-state index is 11.4. The van der Waals surface area contributed by atoms with E-state index in [-0.39, 0.29) is 18.2 Å². The third-order valence-corrected chi connectivity index (χ3v) is 3.12. The molecule has 1 fully saturated rings. The van der Waals surface area contributed by atoms with Gasteiger partial charge in [0, 0.05) is 19.8 Å². The van der Waals surface area contributed by atoms with Gasteiger partial charge in [-0.1, -0.05) is 19.3 Å². The second-order valence-electron chi connectivity index (χ2n) is 5.06. The van der Waals surface area contributed by atoms with Crippen molar-refractivity contribution in [3.63, 3.8) is 0 Å². The molecule has 1 aliphatic rings. The van der Waals surface area contributed by atoms with E-state index in [1.54, 1.807) is 0 Å². The van der Waals surface area contributed by atoms with Crippen LogP contribution in [-0.4, -0.2) is 30.6 Å². The van der Waals surface area contributed by atoms with Crippen LogP contribution in [0.15, 0.2) is 0 Å². The minimum absolute atomic E-state index is 0.0835. The van der Waals surface area contributed by atoms with E-state index in [9.17, 15) is 9.59 Å². The Bertz CT molecular complexity index is 275. The van der Waals surface area contributed by atoms with Gasteiger partial charge in [-0.15, -0.1) is 0 Å². The zero-order chi connectivity index (χ0) is 13.4. The second kappa shape index (κ2) is 8.25. The summed E-state index contributed by atoms with van der Waals surface area (Å²) < 4.78 is 10.6. The van der Waals surface area contributed by atoms with Crippen molar-refractivity contribution in [1.82, 2.24) is 0 Å². The van der Waals surface area contributed by atoms with Crippen molar-refractivity contribution in [3.05, 3.63) is 0 Å². The highest BCUT2D eigenvalue weighted by molar-refractivity contribution is 5.79. The first-order valence-electron chi connectivity index (χ1n) is 6.88. The largest absolute Gasteiger partial charge is 0.466 e. The Kier molecular flexibility index (Phi) is 6.94. The van der Waals surface area contributed by atoms with E-state index in [0.717, 1.165) is 32.1 Å². The van der Waals surface area contributed by atoms with E-state index in [0.29, 0.717) is 25.2 Å². The van der Waals surface area contributed by atoms with E-state index in [4.69, 9.17) is 9.47 Å². The second-order valence-corrected chi connectivity index (χ2v) is 5.06.